The van der Waals surface area contributed by atoms with Gasteiger partial charge in [0.15, 0.2) is 6.61 Å². The molecule has 1 fully saturated rings. The Labute approximate surface area is 203 Å². The zero-order chi connectivity index (χ0) is 25.4. The summed E-state index contributed by atoms with van der Waals surface area (Å²) in [7, 11) is 0. The van der Waals surface area contributed by atoms with Crippen LogP contribution in [-0.4, -0.2) is 60.2 Å². The fourth-order valence-corrected chi connectivity index (χ4v) is 3.92. The molecule has 4 atom stereocenters. The van der Waals surface area contributed by atoms with E-state index in [0.29, 0.717) is 0 Å². The van der Waals surface area contributed by atoms with Gasteiger partial charge in [-0.2, -0.15) is 0 Å². The maximum atomic E-state index is 13.0. The summed E-state index contributed by atoms with van der Waals surface area (Å²) < 4.78 is 21.4. The van der Waals surface area contributed by atoms with Gasteiger partial charge in [0.25, 0.3) is 5.91 Å². The van der Waals surface area contributed by atoms with Crippen molar-refractivity contribution >= 4 is 23.8 Å². The van der Waals surface area contributed by atoms with Crippen molar-refractivity contribution in [2.24, 2.45) is 0 Å². The normalized spacial score (nSPS) is 18.7. The smallest absolute Gasteiger partial charge is 0.344 e. The van der Waals surface area contributed by atoms with Crippen molar-refractivity contribution in [1.82, 2.24) is 4.90 Å². The van der Waals surface area contributed by atoms with Gasteiger partial charge in [-0.3, -0.25) is 14.4 Å². The van der Waals surface area contributed by atoms with E-state index in [2.05, 4.69) is 4.74 Å². The van der Waals surface area contributed by atoms with Crippen LogP contribution in [0.2, 0.25) is 0 Å². The molecule has 0 saturated carbocycles. The Kier molecular flexibility index (Phi) is 8.97. The largest absolute Gasteiger partial charge is 0.460 e. The Hall–Kier alpha value is -3.72. The average Bonchev–Trinajstić information content (AvgIpc) is 2.85. The minimum atomic E-state index is -1.08. The third-order valence-electron chi connectivity index (χ3n) is 5.61. The molecular formula is C26H29NO8. The molecule has 0 spiro atoms. The molecule has 1 heterocycles. The number of β-lactam (4-membered cyclic amide) rings is 1. The van der Waals surface area contributed by atoms with Crippen LogP contribution in [0.1, 0.15) is 37.9 Å². The minimum Gasteiger partial charge on any atom is -0.460 e. The molecule has 0 bridgehead atoms. The lowest BCUT2D eigenvalue weighted by Gasteiger charge is -2.51. The number of nitrogens with zero attached hydrogens (tertiary/aromatic N) is 1. The Morgan fingerprint density at radius 2 is 1.54 bits per heavy atom. The first-order chi connectivity index (χ1) is 16.8. The van der Waals surface area contributed by atoms with Gasteiger partial charge in [-0.25, -0.2) is 4.79 Å². The topological polar surface area (TPSA) is 108 Å². The van der Waals surface area contributed by atoms with E-state index < -0.39 is 42.8 Å². The molecule has 1 saturated heterocycles. The molecule has 186 valence electrons. The van der Waals surface area contributed by atoms with Crippen LogP contribution in [0.15, 0.2) is 60.7 Å². The van der Waals surface area contributed by atoms with Crippen molar-refractivity contribution in [3.8, 4) is 0 Å². The van der Waals surface area contributed by atoms with E-state index in [1.54, 1.807) is 4.90 Å². The predicted octanol–water partition coefficient (Wildman–Crippen LogP) is 2.58. The molecule has 0 unspecified atom stereocenters. The Bertz CT molecular complexity index is 1030. The summed E-state index contributed by atoms with van der Waals surface area (Å²) in [4.78, 5) is 49.5. The van der Waals surface area contributed by atoms with E-state index in [1.165, 1.54) is 13.8 Å². The fraction of sp³-hybridized carbons (Fsp3) is 0.385. The van der Waals surface area contributed by atoms with Crippen molar-refractivity contribution < 1.29 is 38.1 Å². The van der Waals surface area contributed by atoms with Gasteiger partial charge in [0.2, 0.25) is 6.10 Å². The second kappa shape index (κ2) is 12.1. The molecule has 0 radical (unpaired) electrons. The summed E-state index contributed by atoms with van der Waals surface area (Å²) in [6.07, 6.45) is -1.89. The number of benzene rings is 2. The zero-order valence-electron chi connectivity index (χ0n) is 19.9. The van der Waals surface area contributed by atoms with E-state index in [9.17, 15) is 19.2 Å². The number of hydrogen-bond donors (Lipinski definition) is 0. The number of esters is 3. The number of rotatable bonds is 11. The van der Waals surface area contributed by atoms with Crippen LogP contribution < -0.4 is 0 Å². The lowest BCUT2D eigenvalue weighted by molar-refractivity contribution is -0.204. The van der Waals surface area contributed by atoms with Gasteiger partial charge in [0.05, 0.1) is 12.6 Å². The number of likely N-dealkylation sites (tertiary alicyclic amines) is 1. The molecule has 0 N–H and O–H groups in total. The monoisotopic (exact) mass is 483 g/mol. The molecule has 2 aromatic carbocycles. The van der Waals surface area contributed by atoms with Crippen molar-refractivity contribution in [3.63, 3.8) is 0 Å². The van der Waals surface area contributed by atoms with E-state index in [1.807, 2.05) is 67.6 Å². The zero-order valence-corrected chi connectivity index (χ0v) is 19.9. The van der Waals surface area contributed by atoms with Gasteiger partial charge in [0, 0.05) is 13.8 Å². The third kappa shape index (κ3) is 6.89. The Morgan fingerprint density at radius 3 is 2.14 bits per heavy atom. The first kappa shape index (κ1) is 25.9. The van der Waals surface area contributed by atoms with Crippen LogP contribution >= 0.6 is 0 Å². The first-order valence-corrected chi connectivity index (χ1v) is 11.3. The van der Waals surface area contributed by atoms with Crippen molar-refractivity contribution in [2.75, 3.05) is 13.2 Å². The highest BCUT2D eigenvalue weighted by Crippen LogP contribution is 2.36. The summed E-state index contributed by atoms with van der Waals surface area (Å²) in [5.41, 5.74) is 1.77. The summed E-state index contributed by atoms with van der Waals surface area (Å²) >= 11 is 0. The number of carbonyl (C=O) groups is 4. The molecule has 35 heavy (non-hydrogen) atoms. The van der Waals surface area contributed by atoms with Gasteiger partial charge in [0.1, 0.15) is 18.8 Å². The van der Waals surface area contributed by atoms with Gasteiger partial charge in [-0.1, -0.05) is 60.7 Å². The van der Waals surface area contributed by atoms with Crippen LogP contribution in [-0.2, 0) is 44.7 Å². The van der Waals surface area contributed by atoms with Gasteiger partial charge in [-0.15, -0.1) is 0 Å². The van der Waals surface area contributed by atoms with Crippen molar-refractivity contribution in [1.29, 1.82) is 0 Å². The standard InChI is InChI=1S/C26H29NO8/c1-17(21-12-8-5-9-13-21)27-24(25(26(27)31)35-19(3)29)22(15-34-23(30)16-32-18(2)28)33-14-20-10-6-4-7-11-20/h4-13,17,22,24-25H,14-16H2,1-3H3/t17-,22+,24-,25+/m1/s1. The predicted molar refractivity (Wildman–Crippen MR) is 124 cm³/mol. The van der Waals surface area contributed by atoms with Crippen LogP contribution in [0.3, 0.4) is 0 Å². The molecule has 1 aliphatic rings. The van der Waals surface area contributed by atoms with E-state index in [-0.39, 0.29) is 25.2 Å². The van der Waals surface area contributed by atoms with Crippen LogP contribution in [0.25, 0.3) is 0 Å². The quantitative estimate of drug-likeness (QED) is 0.273. The molecule has 9 heteroatoms. The SMILES string of the molecule is CC(=O)OCC(=O)OC[C@H](OCc1ccccc1)[C@@H]1[C@H](OC(C)=O)C(=O)N1[C@H](C)c1ccccc1. The van der Waals surface area contributed by atoms with Crippen molar-refractivity contribution in [2.45, 2.75) is 51.7 Å². The highest BCUT2D eigenvalue weighted by atomic mass is 16.6. The van der Waals surface area contributed by atoms with E-state index >= 15 is 0 Å². The van der Waals surface area contributed by atoms with Gasteiger partial charge >= 0.3 is 17.9 Å². The minimum absolute atomic E-state index is 0.179. The maximum absolute atomic E-state index is 13.0. The molecule has 3 rings (SSSR count). The lowest BCUT2D eigenvalue weighted by Crippen LogP contribution is -2.71. The Balaban J connectivity index is 1.83. The first-order valence-electron chi connectivity index (χ1n) is 11.3. The average molecular weight is 484 g/mol. The lowest BCUT2D eigenvalue weighted by atomic mass is 9.88. The fourth-order valence-electron chi connectivity index (χ4n) is 3.92. The third-order valence-corrected chi connectivity index (χ3v) is 5.61. The molecule has 1 amide bonds. The number of ether oxygens (including phenoxy) is 4. The molecule has 0 aliphatic carbocycles. The highest BCUT2D eigenvalue weighted by molar-refractivity contribution is 5.91. The second-order valence-corrected chi connectivity index (χ2v) is 8.15. The summed E-state index contributed by atoms with van der Waals surface area (Å²) in [6.45, 7) is 3.68. The number of hydrogen-bond acceptors (Lipinski definition) is 8. The number of carbonyl (C=O) groups excluding carboxylic acids is 4. The van der Waals surface area contributed by atoms with E-state index in [4.69, 9.17) is 14.2 Å². The molecule has 9 nitrogen and oxygen atoms in total. The molecule has 0 aromatic heterocycles. The van der Waals surface area contributed by atoms with Crippen LogP contribution in [0.4, 0.5) is 0 Å². The number of amides is 1. The maximum Gasteiger partial charge on any atom is 0.344 e. The Morgan fingerprint density at radius 1 is 0.914 bits per heavy atom. The highest BCUT2D eigenvalue weighted by Gasteiger charge is 2.56. The van der Waals surface area contributed by atoms with Crippen LogP contribution in [0.5, 0.6) is 0 Å². The van der Waals surface area contributed by atoms with Gasteiger partial charge < -0.3 is 23.8 Å². The van der Waals surface area contributed by atoms with E-state index in [0.717, 1.165) is 11.1 Å². The van der Waals surface area contributed by atoms with Crippen molar-refractivity contribution in [3.05, 3.63) is 71.8 Å². The second-order valence-electron chi connectivity index (χ2n) is 8.15. The van der Waals surface area contributed by atoms with Crippen LogP contribution in [0, 0.1) is 0 Å². The van der Waals surface area contributed by atoms with Gasteiger partial charge in [-0.05, 0) is 18.1 Å². The summed E-state index contributed by atoms with van der Waals surface area (Å²) in [6, 6.07) is 17.7. The molecule has 2 aromatic rings. The molecular weight excluding hydrogens is 454 g/mol. The summed E-state index contributed by atoms with van der Waals surface area (Å²) in [5, 5.41) is 0. The summed E-state index contributed by atoms with van der Waals surface area (Å²) in [5.74, 6) is -2.33. The molecule has 1 aliphatic heterocycles.